The number of hydrogen-bond acceptors (Lipinski definition) is 5. The minimum atomic E-state index is 0.0316. The molecule has 2 aromatic heterocycles. The van der Waals surface area contributed by atoms with Crippen LogP contribution in [0, 0.1) is 17.8 Å². The molecule has 4 aliphatic rings. The van der Waals surface area contributed by atoms with Gasteiger partial charge in [-0.25, -0.2) is 4.98 Å². The van der Waals surface area contributed by atoms with Crippen LogP contribution in [0.15, 0.2) is 36.4 Å². The van der Waals surface area contributed by atoms with Gasteiger partial charge in [0.05, 0.1) is 18.3 Å². The lowest BCUT2D eigenvalue weighted by atomic mass is 10.1. The summed E-state index contributed by atoms with van der Waals surface area (Å²) in [6.07, 6.45) is 7.36. The third-order valence-corrected chi connectivity index (χ3v) is 9.88. The minimum Gasteiger partial charge on any atom is -0.494 e. The second-order valence-corrected chi connectivity index (χ2v) is 12.7. The van der Waals surface area contributed by atoms with Crippen LogP contribution in [0.1, 0.15) is 48.9 Å². The molecular weight excluding hydrogens is 500 g/mol. The van der Waals surface area contributed by atoms with Crippen LogP contribution in [0.4, 0.5) is 5.69 Å². The number of nitrogens with two attached hydrogens (primary N) is 1. The molecule has 8 rings (SSSR count). The number of ether oxygens (including phenoxy) is 1. The summed E-state index contributed by atoms with van der Waals surface area (Å²) >= 11 is 0. The molecule has 40 heavy (non-hydrogen) atoms. The van der Waals surface area contributed by atoms with E-state index in [1.54, 1.807) is 7.11 Å². The molecule has 1 unspecified atom stereocenters. The highest BCUT2D eigenvalue weighted by atomic mass is 16.5. The van der Waals surface area contributed by atoms with E-state index in [-0.39, 0.29) is 18.0 Å². The number of benzene rings is 2. The fraction of sp³-hybridized carbons (Fsp3) is 0.500. The molecule has 0 spiro atoms. The molecule has 8 heteroatoms. The van der Waals surface area contributed by atoms with Gasteiger partial charge in [-0.1, -0.05) is 0 Å². The first-order valence-electron chi connectivity index (χ1n) is 15.0. The maximum atomic E-state index is 13.7. The summed E-state index contributed by atoms with van der Waals surface area (Å²) in [5.41, 5.74) is 12.3. The summed E-state index contributed by atoms with van der Waals surface area (Å²) in [4.78, 5) is 20.8. The first kappa shape index (κ1) is 24.3. The van der Waals surface area contributed by atoms with Crippen LogP contribution >= 0.6 is 0 Å². The number of nitrogens with one attached hydrogen (secondary N) is 1. The van der Waals surface area contributed by atoms with Gasteiger partial charge in [-0.15, -0.1) is 0 Å². The van der Waals surface area contributed by atoms with Crippen molar-refractivity contribution in [3.63, 3.8) is 0 Å². The van der Waals surface area contributed by atoms with E-state index in [1.807, 2.05) is 17.0 Å². The van der Waals surface area contributed by atoms with Crippen LogP contribution < -0.4 is 15.8 Å². The van der Waals surface area contributed by atoms with Gasteiger partial charge < -0.3 is 29.8 Å². The molecular formula is C32H38N6O2. The SMILES string of the molecule is COc1cc(C(=O)N2C[C@H]3CCC2[C@@H]3N)cc2nc(-c3cc4cc(NCC5CC5)ccc4n3CC3CC3)n(C)c12. The summed E-state index contributed by atoms with van der Waals surface area (Å²) in [7, 11) is 3.72. The molecule has 208 valence electrons. The molecule has 4 fully saturated rings. The van der Waals surface area contributed by atoms with Crippen LogP contribution in [0.2, 0.25) is 0 Å². The number of likely N-dealkylation sites (tertiary alicyclic amines) is 1. The van der Waals surface area contributed by atoms with Gasteiger partial charge >= 0.3 is 0 Å². The summed E-state index contributed by atoms with van der Waals surface area (Å²) in [5.74, 6) is 3.56. The van der Waals surface area contributed by atoms with Crippen LogP contribution in [-0.2, 0) is 13.6 Å². The molecule has 2 aromatic carbocycles. The van der Waals surface area contributed by atoms with Crippen molar-refractivity contribution in [1.82, 2.24) is 19.0 Å². The molecule has 8 nitrogen and oxygen atoms in total. The first-order chi connectivity index (χ1) is 19.5. The van der Waals surface area contributed by atoms with Crippen molar-refractivity contribution in [2.24, 2.45) is 30.5 Å². The number of nitrogens with zero attached hydrogens (tertiary/aromatic N) is 4. The lowest BCUT2D eigenvalue weighted by Crippen LogP contribution is -2.41. The fourth-order valence-corrected chi connectivity index (χ4v) is 7.17. The molecule has 3 saturated carbocycles. The number of aryl methyl sites for hydroxylation is 1. The molecule has 3 heterocycles. The summed E-state index contributed by atoms with van der Waals surface area (Å²) in [6, 6.07) is 13.1. The summed E-state index contributed by atoms with van der Waals surface area (Å²) in [5, 5.41) is 4.86. The molecule has 3 atom stereocenters. The molecule has 1 aliphatic heterocycles. The normalized spacial score (nSPS) is 24.0. The lowest BCUT2D eigenvalue weighted by molar-refractivity contribution is 0.0700. The lowest BCUT2D eigenvalue weighted by Gasteiger charge is -2.27. The van der Waals surface area contributed by atoms with E-state index in [2.05, 4.69) is 45.8 Å². The van der Waals surface area contributed by atoms with Gasteiger partial charge in [0.2, 0.25) is 0 Å². The number of rotatable bonds is 8. The zero-order valence-electron chi connectivity index (χ0n) is 23.4. The van der Waals surface area contributed by atoms with Crippen molar-refractivity contribution in [2.75, 3.05) is 25.5 Å². The highest BCUT2D eigenvalue weighted by Crippen LogP contribution is 2.40. The minimum absolute atomic E-state index is 0.0316. The summed E-state index contributed by atoms with van der Waals surface area (Å²) in [6.45, 7) is 2.80. The number of carbonyl (C=O) groups is 1. The van der Waals surface area contributed by atoms with E-state index in [4.69, 9.17) is 15.5 Å². The smallest absolute Gasteiger partial charge is 0.254 e. The van der Waals surface area contributed by atoms with Gasteiger partial charge in [0, 0.05) is 60.9 Å². The van der Waals surface area contributed by atoms with E-state index in [0.29, 0.717) is 17.2 Å². The Morgan fingerprint density at radius 1 is 1.07 bits per heavy atom. The topological polar surface area (TPSA) is 90.3 Å². The average Bonchev–Trinajstić information content (AvgIpc) is 3.87. The van der Waals surface area contributed by atoms with Gasteiger partial charge in [0.15, 0.2) is 5.82 Å². The number of amides is 1. The first-order valence-corrected chi connectivity index (χ1v) is 15.0. The number of anilines is 1. The van der Waals surface area contributed by atoms with Crippen LogP contribution in [0.5, 0.6) is 5.75 Å². The maximum Gasteiger partial charge on any atom is 0.254 e. The Hall–Kier alpha value is -3.52. The largest absolute Gasteiger partial charge is 0.494 e. The molecule has 1 amide bonds. The van der Waals surface area contributed by atoms with E-state index in [0.717, 1.165) is 66.9 Å². The Bertz CT molecular complexity index is 1640. The number of aromatic nitrogens is 3. The highest BCUT2D eigenvalue weighted by molar-refractivity contribution is 6.00. The second kappa shape index (κ2) is 8.99. The van der Waals surface area contributed by atoms with E-state index in [1.165, 1.54) is 42.3 Å². The maximum absolute atomic E-state index is 13.7. The predicted molar refractivity (Wildman–Crippen MR) is 158 cm³/mol. The molecule has 1 saturated heterocycles. The quantitative estimate of drug-likeness (QED) is 0.330. The Balaban J connectivity index is 1.20. The number of fused-ring (bicyclic) bond motifs is 4. The second-order valence-electron chi connectivity index (χ2n) is 12.7. The molecule has 2 bridgehead atoms. The van der Waals surface area contributed by atoms with Gasteiger partial charge in [-0.3, -0.25) is 4.79 Å². The van der Waals surface area contributed by atoms with Gasteiger partial charge in [-0.2, -0.15) is 0 Å². The number of imidazole rings is 1. The van der Waals surface area contributed by atoms with Crippen LogP contribution in [-0.4, -0.2) is 57.2 Å². The van der Waals surface area contributed by atoms with Crippen molar-refractivity contribution >= 4 is 33.5 Å². The van der Waals surface area contributed by atoms with E-state index in [9.17, 15) is 4.79 Å². The van der Waals surface area contributed by atoms with Crippen molar-refractivity contribution in [3.05, 3.63) is 42.0 Å². The van der Waals surface area contributed by atoms with Gasteiger partial charge in [0.1, 0.15) is 11.3 Å². The number of piperidine rings is 1. The zero-order chi connectivity index (χ0) is 27.1. The molecule has 4 aromatic rings. The molecule has 3 N–H and O–H groups in total. The number of methoxy groups -OCH3 is 1. The average molecular weight is 539 g/mol. The Morgan fingerprint density at radius 3 is 2.60 bits per heavy atom. The van der Waals surface area contributed by atoms with Crippen molar-refractivity contribution in [3.8, 4) is 17.3 Å². The van der Waals surface area contributed by atoms with Crippen molar-refractivity contribution in [1.29, 1.82) is 0 Å². The number of hydrogen-bond donors (Lipinski definition) is 2. The van der Waals surface area contributed by atoms with Gasteiger partial charge in [0.25, 0.3) is 5.91 Å². The highest BCUT2D eigenvalue weighted by Gasteiger charge is 2.47. The van der Waals surface area contributed by atoms with E-state index < -0.39 is 0 Å². The van der Waals surface area contributed by atoms with E-state index >= 15 is 0 Å². The number of carbonyl (C=O) groups excluding carboxylic acids is 1. The van der Waals surface area contributed by atoms with Crippen molar-refractivity contribution < 1.29 is 9.53 Å². The predicted octanol–water partition coefficient (Wildman–Crippen LogP) is 5.00. The summed E-state index contributed by atoms with van der Waals surface area (Å²) < 4.78 is 10.4. The van der Waals surface area contributed by atoms with Gasteiger partial charge in [-0.05, 0) is 92.7 Å². The Morgan fingerprint density at radius 2 is 1.90 bits per heavy atom. The third-order valence-electron chi connectivity index (χ3n) is 9.88. The van der Waals surface area contributed by atoms with Crippen molar-refractivity contribution in [2.45, 2.75) is 57.2 Å². The van der Waals surface area contributed by atoms with Crippen LogP contribution in [0.25, 0.3) is 33.5 Å². The standard InChI is InChI=1S/C32H38N6O2/c1-36-30-24(12-22(14-28(30)40-2)32(39)38-17-20-7-9-26(38)29(20)33)35-31(36)27-13-21-11-23(34-15-18-3-4-18)8-10-25(21)37(27)16-19-5-6-19/h8,10-14,18-20,26,29,34H,3-7,9,15-17,33H2,1-2H3/t20-,26?,29-/m1/s1. The Labute approximate surface area is 234 Å². The monoisotopic (exact) mass is 538 g/mol. The molecule has 3 aliphatic carbocycles. The molecule has 0 radical (unpaired) electrons. The zero-order valence-corrected chi connectivity index (χ0v) is 23.4. The Kier molecular flexibility index (Phi) is 5.46. The third kappa shape index (κ3) is 3.91. The fourth-order valence-electron chi connectivity index (χ4n) is 7.17. The van der Waals surface area contributed by atoms with Crippen LogP contribution in [0.3, 0.4) is 0 Å².